The molecule has 0 bridgehead atoms. The van der Waals surface area contributed by atoms with E-state index in [1.807, 2.05) is 0 Å². The molecule has 2 heterocycles. The van der Waals surface area contributed by atoms with Crippen molar-refractivity contribution in [3.8, 4) is 0 Å². The van der Waals surface area contributed by atoms with Crippen molar-refractivity contribution in [1.29, 1.82) is 0 Å². The van der Waals surface area contributed by atoms with Crippen LogP contribution in [0, 0.1) is 29.1 Å². The van der Waals surface area contributed by atoms with Crippen LogP contribution < -0.4 is 0 Å². The Morgan fingerprint density at radius 1 is 0.880 bits per heavy atom. The van der Waals surface area contributed by atoms with Crippen LogP contribution >= 0.6 is 0 Å². The third kappa shape index (κ3) is 3.10. The smallest absolute Gasteiger partial charge is 0.0134 e. The molecule has 0 radical (unpaired) electrons. The van der Waals surface area contributed by atoms with Gasteiger partial charge in [-0.15, -0.1) is 0 Å². The molecule has 0 aromatic heterocycles. The first-order valence-electron chi connectivity index (χ1n) is 11.3. The Bertz CT molecular complexity index is 480. The van der Waals surface area contributed by atoms with Gasteiger partial charge in [0.1, 0.15) is 0 Å². The van der Waals surface area contributed by atoms with E-state index >= 15 is 0 Å². The Morgan fingerprint density at radius 2 is 1.60 bits per heavy atom. The van der Waals surface area contributed by atoms with E-state index in [0.717, 1.165) is 47.8 Å². The lowest BCUT2D eigenvalue weighted by Gasteiger charge is -2.35. The molecule has 2 aliphatic heterocycles. The monoisotopic (exact) mass is 346 g/mol. The highest BCUT2D eigenvalue weighted by Crippen LogP contribution is 2.64. The summed E-state index contributed by atoms with van der Waals surface area (Å²) in [4.78, 5) is 5.73. The predicted octanol–water partition coefficient (Wildman–Crippen LogP) is 5.03. The highest BCUT2D eigenvalue weighted by Gasteiger charge is 2.61. The number of likely N-dealkylation sites (tertiary alicyclic amines) is 2. The maximum absolute atomic E-state index is 2.90. The molecule has 4 rings (SSSR count). The molecule has 7 atom stereocenters. The van der Waals surface area contributed by atoms with Gasteiger partial charge in [-0.05, 0) is 88.9 Å². The van der Waals surface area contributed by atoms with E-state index in [1.165, 1.54) is 38.6 Å². The van der Waals surface area contributed by atoms with E-state index in [-0.39, 0.29) is 0 Å². The Balaban J connectivity index is 1.37. The molecule has 0 N–H and O–H groups in total. The van der Waals surface area contributed by atoms with Crippen LogP contribution in [-0.4, -0.2) is 46.6 Å². The number of nitrogens with zero attached hydrogens (tertiary/aromatic N) is 2. The zero-order valence-electron chi connectivity index (χ0n) is 17.8. The van der Waals surface area contributed by atoms with Gasteiger partial charge in [0, 0.05) is 36.8 Å². The fourth-order valence-corrected chi connectivity index (χ4v) is 6.90. The maximum atomic E-state index is 2.90. The first-order chi connectivity index (χ1) is 11.7. The fourth-order valence-electron chi connectivity index (χ4n) is 6.90. The van der Waals surface area contributed by atoms with Crippen LogP contribution in [0.4, 0.5) is 0 Å². The van der Waals surface area contributed by atoms with E-state index in [0.29, 0.717) is 11.5 Å². The molecule has 1 spiro atoms. The number of piperidine rings is 1. The number of hydrogen-bond donors (Lipinski definition) is 0. The minimum absolute atomic E-state index is 0.692. The van der Waals surface area contributed by atoms with E-state index in [2.05, 4.69) is 58.3 Å². The molecule has 0 aromatic rings. The Labute approximate surface area is 156 Å². The number of fused-ring (bicyclic) bond motifs is 1. The van der Waals surface area contributed by atoms with Crippen molar-refractivity contribution in [2.45, 2.75) is 111 Å². The van der Waals surface area contributed by atoms with Crippen LogP contribution in [0.1, 0.15) is 80.6 Å². The molecule has 4 fully saturated rings. The van der Waals surface area contributed by atoms with Crippen molar-refractivity contribution in [3.05, 3.63) is 0 Å². The van der Waals surface area contributed by atoms with E-state index in [1.54, 1.807) is 0 Å². The molecular weight excluding hydrogens is 304 g/mol. The zero-order valence-corrected chi connectivity index (χ0v) is 17.8. The highest BCUT2D eigenvalue weighted by atomic mass is 15.3. The second-order valence-corrected chi connectivity index (χ2v) is 11.2. The van der Waals surface area contributed by atoms with Gasteiger partial charge in [-0.1, -0.05) is 20.8 Å². The standard InChI is InChI=1S/C23H42N2/c1-14(2)22-12-23(13-24(22)15(3)4)11-19(23)8-17(7)20-9-18-10-21(18)25(20)16(5)6/h14-22H,8-13H2,1-7H3/t17?,18?,19?,20-,21?,22-,23?/m0/s1. The average Bonchev–Trinajstić information content (AvgIpc) is 3.30. The van der Waals surface area contributed by atoms with Gasteiger partial charge in [0.15, 0.2) is 0 Å². The topological polar surface area (TPSA) is 6.48 Å². The van der Waals surface area contributed by atoms with Crippen LogP contribution in [-0.2, 0) is 0 Å². The molecule has 0 amide bonds. The normalized spacial score (nSPS) is 45.1. The lowest BCUT2D eigenvalue weighted by molar-refractivity contribution is 0.121. The molecule has 2 nitrogen and oxygen atoms in total. The van der Waals surface area contributed by atoms with Crippen LogP contribution in [0.15, 0.2) is 0 Å². The highest BCUT2D eigenvalue weighted by molar-refractivity contribution is 5.13. The van der Waals surface area contributed by atoms with Gasteiger partial charge in [0.05, 0.1) is 0 Å². The van der Waals surface area contributed by atoms with Gasteiger partial charge < -0.3 is 0 Å². The van der Waals surface area contributed by atoms with Crippen molar-refractivity contribution in [1.82, 2.24) is 9.80 Å². The summed E-state index contributed by atoms with van der Waals surface area (Å²) in [6.45, 7) is 18.5. The van der Waals surface area contributed by atoms with Crippen molar-refractivity contribution >= 4 is 0 Å². The predicted molar refractivity (Wildman–Crippen MR) is 107 cm³/mol. The molecule has 2 saturated carbocycles. The fraction of sp³-hybridized carbons (Fsp3) is 1.00. The number of hydrogen-bond acceptors (Lipinski definition) is 2. The Kier molecular flexibility index (Phi) is 4.56. The zero-order chi connectivity index (χ0) is 18.1. The number of rotatable bonds is 6. The van der Waals surface area contributed by atoms with Gasteiger partial charge in [-0.2, -0.15) is 0 Å². The third-order valence-electron chi connectivity index (χ3n) is 8.44. The molecule has 5 unspecified atom stereocenters. The third-order valence-corrected chi connectivity index (χ3v) is 8.44. The summed E-state index contributed by atoms with van der Waals surface area (Å²) >= 11 is 0. The average molecular weight is 347 g/mol. The summed E-state index contributed by atoms with van der Waals surface area (Å²) in [7, 11) is 0. The molecule has 2 heteroatoms. The van der Waals surface area contributed by atoms with Crippen molar-refractivity contribution in [2.75, 3.05) is 6.54 Å². The van der Waals surface area contributed by atoms with Gasteiger partial charge in [0.2, 0.25) is 0 Å². The summed E-state index contributed by atoms with van der Waals surface area (Å²) in [6, 6.07) is 4.11. The second kappa shape index (κ2) is 6.23. The molecule has 4 aliphatic rings. The first-order valence-corrected chi connectivity index (χ1v) is 11.3. The summed E-state index contributed by atoms with van der Waals surface area (Å²) in [5.41, 5.74) is 0.692. The van der Waals surface area contributed by atoms with Crippen LogP contribution in [0.2, 0.25) is 0 Å². The quantitative estimate of drug-likeness (QED) is 0.665. The minimum atomic E-state index is 0.692. The molecule has 144 valence electrons. The first kappa shape index (κ1) is 18.3. The summed E-state index contributed by atoms with van der Waals surface area (Å²) in [6.07, 6.45) is 7.48. The van der Waals surface area contributed by atoms with Gasteiger partial charge in [-0.25, -0.2) is 0 Å². The van der Waals surface area contributed by atoms with E-state index < -0.39 is 0 Å². The summed E-state index contributed by atoms with van der Waals surface area (Å²) < 4.78 is 0. The largest absolute Gasteiger partial charge is 0.297 e. The SMILES string of the molecule is CC(C)[C@@H]1CC2(CC2CC(C)[C@@H]2CC3CC3N2C(C)C)CN1C(C)C. The lowest BCUT2D eigenvalue weighted by Crippen LogP contribution is -2.42. The summed E-state index contributed by atoms with van der Waals surface area (Å²) in [5.74, 6) is 3.76. The van der Waals surface area contributed by atoms with Crippen LogP contribution in [0.3, 0.4) is 0 Å². The Hall–Kier alpha value is -0.0800. The molecule has 0 aromatic carbocycles. The van der Waals surface area contributed by atoms with E-state index in [9.17, 15) is 0 Å². The second-order valence-electron chi connectivity index (χ2n) is 11.2. The van der Waals surface area contributed by atoms with Crippen molar-refractivity contribution < 1.29 is 0 Å². The van der Waals surface area contributed by atoms with Crippen LogP contribution in [0.5, 0.6) is 0 Å². The molecular formula is C23H42N2. The minimum Gasteiger partial charge on any atom is -0.297 e. The van der Waals surface area contributed by atoms with Gasteiger partial charge >= 0.3 is 0 Å². The lowest BCUT2D eigenvalue weighted by atomic mass is 9.87. The van der Waals surface area contributed by atoms with Gasteiger partial charge in [0.25, 0.3) is 0 Å². The van der Waals surface area contributed by atoms with E-state index in [4.69, 9.17) is 0 Å². The van der Waals surface area contributed by atoms with Gasteiger partial charge in [-0.3, -0.25) is 9.80 Å². The Morgan fingerprint density at radius 3 is 2.16 bits per heavy atom. The maximum Gasteiger partial charge on any atom is 0.0134 e. The van der Waals surface area contributed by atoms with Crippen molar-refractivity contribution in [2.24, 2.45) is 29.1 Å². The molecule has 2 saturated heterocycles. The van der Waals surface area contributed by atoms with Crippen LogP contribution in [0.25, 0.3) is 0 Å². The molecule has 25 heavy (non-hydrogen) atoms. The molecule has 2 aliphatic carbocycles. The van der Waals surface area contributed by atoms with Crippen molar-refractivity contribution in [3.63, 3.8) is 0 Å². The summed E-state index contributed by atoms with van der Waals surface area (Å²) in [5, 5.41) is 0.